The summed E-state index contributed by atoms with van der Waals surface area (Å²) in [4.78, 5) is 4.84. The second kappa shape index (κ2) is 3.81. The van der Waals surface area contributed by atoms with E-state index in [4.69, 9.17) is 4.98 Å². The Balaban J connectivity index is 2.38. The predicted molar refractivity (Wildman–Crippen MR) is 83.4 cm³/mol. The van der Waals surface area contributed by atoms with Gasteiger partial charge in [-0.1, -0.05) is 36.4 Å². The minimum atomic E-state index is 1.03. The minimum absolute atomic E-state index is 1.03. The lowest BCUT2D eigenvalue weighted by atomic mass is 10.2. The van der Waals surface area contributed by atoms with Crippen molar-refractivity contribution in [3.05, 3.63) is 53.0 Å². The summed E-state index contributed by atoms with van der Waals surface area (Å²) in [6.07, 6.45) is 0. The summed E-state index contributed by atoms with van der Waals surface area (Å²) in [6, 6.07) is 16.6. The van der Waals surface area contributed by atoms with Crippen molar-refractivity contribution in [3.8, 4) is 0 Å². The van der Waals surface area contributed by atoms with E-state index in [-0.39, 0.29) is 0 Å². The second-order valence-electron chi connectivity index (χ2n) is 4.72. The molecule has 3 heteroatoms. The standard InChI is InChI=1S/C16H11BrN2/c1-19-13-9-5-3-7-11(13)15-16(19)14(17)10-6-2-4-8-12(10)18-15/h2-9H,1H3. The monoisotopic (exact) mass is 310 g/mol. The van der Waals surface area contributed by atoms with Crippen LogP contribution in [0.5, 0.6) is 0 Å². The van der Waals surface area contributed by atoms with Gasteiger partial charge >= 0.3 is 0 Å². The summed E-state index contributed by atoms with van der Waals surface area (Å²) in [5, 5.41) is 2.35. The van der Waals surface area contributed by atoms with Crippen LogP contribution in [0.4, 0.5) is 0 Å². The fourth-order valence-electron chi connectivity index (χ4n) is 2.74. The number of fused-ring (bicyclic) bond motifs is 4. The number of rotatable bonds is 0. The molecule has 2 heterocycles. The van der Waals surface area contributed by atoms with Crippen LogP contribution in [0, 0.1) is 0 Å². The summed E-state index contributed by atoms with van der Waals surface area (Å²) < 4.78 is 3.32. The van der Waals surface area contributed by atoms with E-state index in [1.54, 1.807) is 0 Å². The van der Waals surface area contributed by atoms with E-state index in [0.29, 0.717) is 0 Å². The van der Waals surface area contributed by atoms with Gasteiger partial charge in [-0.3, -0.25) is 0 Å². The molecular weight excluding hydrogens is 300 g/mol. The van der Waals surface area contributed by atoms with Crippen LogP contribution in [0.3, 0.4) is 0 Å². The SMILES string of the molecule is Cn1c2ccccc2c2nc3ccccc3c(Br)c21. The lowest BCUT2D eigenvalue weighted by Gasteiger charge is -2.04. The van der Waals surface area contributed by atoms with Gasteiger partial charge < -0.3 is 4.57 Å². The summed E-state index contributed by atoms with van der Waals surface area (Å²) in [7, 11) is 2.09. The van der Waals surface area contributed by atoms with Gasteiger partial charge in [-0.2, -0.15) is 0 Å². The Morgan fingerprint density at radius 1 is 0.947 bits per heavy atom. The Bertz CT molecular complexity index is 932. The van der Waals surface area contributed by atoms with Crippen LogP contribution in [0.15, 0.2) is 53.0 Å². The third-order valence-corrected chi connectivity index (χ3v) is 4.46. The smallest absolute Gasteiger partial charge is 0.0979 e. The molecule has 0 radical (unpaired) electrons. The van der Waals surface area contributed by atoms with Gasteiger partial charge in [0.25, 0.3) is 0 Å². The Labute approximate surface area is 118 Å². The number of benzene rings is 2. The van der Waals surface area contributed by atoms with Crippen molar-refractivity contribution in [2.45, 2.75) is 0 Å². The highest BCUT2D eigenvalue weighted by atomic mass is 79.9. The molecule has 0 spiro atoms. The van der Waals surface area contributed by atoms with Crippen molar-refractivity contribution in [1.82, 2.24) is 9.55 Å². The van der Waals surface area contributed by atoms with Crippen molar-refractivity contribution >= 4 is 48.8 Å². The number of aryl methyl sites for hydroxylation is 1. The van der Waals surface area contributed by atoms with E-state index >= 15 is 0 Å². The first-order valence-corrected chi connectivity index (χ1v) is 6.98. The third-order valence-electron chi connectivity index (χ3n) is 3.66. The molecule has 0 saturated carbocycles. The van der Waals surface area contributed by atoms with Gasteiger partial charge in [0.2, 0.25) is 0 Å². The number of para-hydroxylation sites is 2. The van der Waals surface area contributed by atoms with Crippen LogP contribution in [0.25, 0.3) is 32.8 Å². The van der Waals surface area contributed by atoms with Gasteiger partial charge in [0.15, 0.2) is 0 Å². The summed E-state index contributed by atoms with van der Waals surface area (Å²) in [5.41, 5.74) is 4.45. The highest BCUT2D eigenvalue weighted by Gasteiger charge is 2.14. The van der Waals surface area contributed by atoms with E-state index in [1.807, 2.05) is 12.1 Å². The van der Waals surface area contributed by atoms with Crippen molar-refractivity contribution in [3.63, 3.8) is 0 Å². The quantitative estimate of drug-likeness (QED) is 0.462. The molecule has 0 bridgehead atoms. The van der Waals surface area contributed by atoms with Crippen LogP contribution in [0.2, 0.25) is 0 Å². The number of hydrogen-bond donors (Lipinski definition) is 0. The zero-order valence-corrected chi connectivity index (χ0v) is 12.0. The fraction of sp³-hybridized carbons (Fsp3) is 0.0625. The average Bonchev–Trinajstić information content (AvgIpc) is 2.74. The van der Waals surface area contributed by atoms with Gasteiger partial charge in [0, 0.05) is 17.8 Å². The summed E-state index contributed by atoms with van der Waals surface area (Å²) in [5.74, 6) is 0. The van der Waals surface area contributed by atoms with Crippen LogP contribution in [0.1, 0.15) is 0 Å². The maximum absolute atomic E-state index is 4.84. The maximum Gasteiger partial charge on any atom is 0.0979 e. The van der Waals surface area contributed by atoms with Crippen molar-refractivity contribution in [2.75, 3.05) is 0 Å². The van der Waals surface area contributed by atoms with Crippen molar-refractivity contribution in [2.24, 2.45) is 7.05 Å². The molecule has 0 amide bonds. The molecule has 4 rings (SSSR count). The van der Waals surface area contributed by atoms with Crippen molar-refractivity contribution in [1.29, 1.82) is 0 Å². The van der Waals surface area contributed by atoms with Crippen LogP contribution >= 0.6 is 15.9 Å². The highest BCUT2D eigenvalue weighted by molar-refractivity contribution is 9.10. The average molecular weight is 311 g/mol. The Morgan fingerprint density at radius 3 is 2.47 bits per heavy atom. The molecule has 0 aliphatic rings. The number of halogens is 1. The van der Waals surface area contributed by atoms with Crippen LogP contribution in [-0.4, -0.2) is 9.55 Å². The molecule has 0 N–H and O–H groups in total. The number of aromatic nitrogens is 2. The molecule has 0 atom stereocenters. The maximum atomic E-state index is 4.84. The van der Waals surface area contributed by atoms with Gasteiger partial charge in [0.05, 0.1) is 26.5 Å². The summed E-state index contributed by atoms with van der Waals surface area (Å²) in [6.45, 7) is 0. The molecule has 0 saturated heterocycles. The normalized spacial score (nSPS) is 11.7. The Kier molecular flexibility index (Phi) is 2.21. The second-order valence-corrected chi connectivity index (χ2v) is 5.51. The molecule has 19 heavy (non-hydrogen) atoms. The van der Waals surface area contributed by atoms with E-state index in [9.17, 15) is 0 Å². The highest BCUT2D eigenvalue weighted by Crippen LogP contribution is 2.35. The van der Waals surface area contributed by atoms with Gasteiger partial charge in [-0.25, -0.2) is 4.98 Å². The van der Waals surface area contributed by atoms with E-state index in [2.05, 4.69) is 63.9 Å². The third kappa shape index (κ3) is 1.39. The van der Waals surface area contributed by atoms with Crippen LogP contribution < -0.4 is 0 Å². The molecule has 92 valence electrons. The zero-order chi connectivity index (χ0) is 13.0. The minimum Gasteiger partial charge on any atom is -0.341 e. The predicted octanol–water partition coefficient (Wildman–Crippen LogP) is 4.64. The molecular formula is C16H11BrN2. The molecule has 2 aromatic carbocycles. The first-order chi connectivity index (χ1) is 9.27. The molecule has 0 unspecified atom stereocenters. The Hall–Kier alpha value is -1.87. The van der Waals surface area contributed by atoms with E-state index in [1.165, 1.54) is 10.9 Å². The van der Waals surface area contributed by atoms with Gasteiger partial charge in [-0.15, -0.1) is 0 Å². The molecule has 2 aromatic heterocycles. The molecule has 0 aliphatic carbocycles. The van der Waals surface area contributed by atoms with Gasteiger partial charge in [-0.05, 0) is 28.1 Å². The number of hydrogen-bond acceptors (Lipinski definition) is 1. The Morgan fingerprint density at radius 2 is 1.63 bits per heavy atom. The lowest BCUT2D eigenvalue weighted by Crippen LogP contribution is -1.89. The largest absolute Gasteiger partial charge is 0.341 e. The van der Waals surface area contributed by atoms with E-state index in [0.717, 1.165) is 26.4 Å². The number of pyridine rings is 1. The summed E-state index contributed by atoms with van der Waals surface area (Å²) >= 11 is 3.75. The molecule has 0 aliphatic heterocycles. The first kappa shape index (κ1) is 11.0. The zero-order valence-electron chi connectivity index (χ0n) is 10.4. The van der Waals surface area contributed by atoms with Crippen LogP contribution in [-0.2, 0) is 7.05 Å². The molecule has 0 fully saturated rings. The van der Waals surface area contributed by atoms with E-state index < -0.39 is 0 Å². The fourth-order valence-corrected chi connectivity index (χ4v) is 3.53. The molecule has 2 nitrogen and oxygen atoms in total. The molecule has 4 aromatic rings. The van der Waals surface area contributed by atoms with Crippen molar-refractivity contribution < 1.29 is 0 Å². The first-order valence-electron chi connectivity index (χ1n) is 6.19. The lowest BCUT2D eigenvalue weighted by molar-refractivity contribution is 1.01. The topological polar surface area (TPSA) is 17.8 Å². The number of nitrogens with zero attached hydrogens (tertiary/aromatic N) is 2. The van der Waals surface area contributed by atoms with Gasteiger partial charge in [0.1, 0.15) is 0 Å².